The minimum atomic E-state index is 0. The Labute approximate surface area is 171 Å². The van der Waals surface area contributed by atoms with Crippen molar-refractivity contribution in [1.82, 2.24) is 25.4 Å². The summed E-state index contributed by atoms with van der Waals surface area (Å²) in [5.41, 5.74) is 0. The van der Waals surface area contributed by atoms with Crippen molar-refractivity contribution in [2.24, 2.45) is 4.99 Å². The largest absolute Gasteiger partial charge is 0.357 e. The lowest BCUT2D eigenvalue weighted by molar-refractivity contribution is 0.693. The first-order chi connectivity index (χ1) is 11.7. The molecule has 2 rings (SSSR count). The molecular formula is C17H27IN6S. The minimum Gasteiger partial charge on any atom is -0.357 e. The zero-order chi connectivity index (χ0) is 17.2. The Hall–Kier alpha value is -1.29. The Morgan fingerprint density at radius 2 is 2.00 bits per heavy atom. The third kappa shape index (κ3) is 7.64. The molecule has 0 radical (unpaired) electrons. The number of halogens is 1. The Morgan fingerprint density at radius 1 is 1.24 bits per heavy atom. The van der Waals surface area contributed by atoms with Crippen molar-refractivity contribution in [3.05, 3.63) is 42.5 Å². The molecule has 8 heteroatoms. The van der Waals surface area contributed by atoms with Crippen LogP contribution in [-0.4, -0.2) is 39.1 Å². The molecule has 6 nitrogen and oxygen atoms in total. The van der Waals surface area contributed by atoms with E-state index in [1.807, 2.05) is 22.4 Å². The van der Waals surface area contributed by atoms with Gasteiger partial charge in [-0.3, -0.25) is 0 Å². The molecule has 0 amide bonds. The van der Waals surface area contributed by atoms with Gasteiger partial charge in [0.15, 0.2) is 11.8 Å². The standard InChI is InChI=1S/C17H26N6S.HI/c1-4-18-17(20-12-16-22-21-13-23(16)5-2)19-11-14(3)24-15-9-7-6-8-10-15;/h6-10,13-14H,4-5,11-12H2,1-3H3,(H2,18,19,20);1H. The average Bonchev–Trinajstić information content (AvgIpc) is 3.06. The number of hydrogen-bond donors (Lipinski definition) is 2. The molecule has 1 aromatic heterocycles. The molecule has 0 saturated carbocycles. The van der Waals surface area contributed by atoms with Gasteiger partial charge < -0.3 is 15.2 Å². The van der Waals surface area contributed by atoms with Crippen LogP contribution in [0, 0.1) is 0 Å². The maximum atomic E-state index is 4.61. The molecule has 2 aromatic rings. The van der Waals surface area contributed by atoms with Gasteiger partial charge in [0.1, 0.15) is 12.9 Å². The van der Waals surface area contributed by atoms with Crippen molar-refractivity contribution in [2.75, 3.05) is 13.1 Å². The van der Waals surface area contributed by atoms with Crippen molar-refractivity contribution in [3.8, 4) is 0 Å². The van der Waals surface area contributed by atoms with Gasteiger partial charge in [0.2, 0.25) is 0 Å². The van der Waals surface area contributed by atoms with E-state index in [1.54, 1.807) is 6.33 Å². The monoisotopic (exact) mass is 474 g/mol. The van der Waals surface area contributed by atoms with Gasteiger partial charge in [-0.15, -0.1) is 45.9 Å². The number of rotatable bonds is 8. The van der Waals surface area contributed by atoms with Crippen LogP contribution in [-0.2, 0) is 13.1 Å². The first-order valence-electron chi connectivity index (χ1n) is 8.33. The second kappa shape index (κ2) is 12.1. The van der Waals surface area contributed by atoms with E-state index >= 15 is 0 Å². The summed E-state index contributed by atoms with van der Waals surface area (Å²) >= 11 is 1.85. The van der Waals surface area contributed by atoms with Crippen molar-refractivity contribution in [2.45, 2.75) is 44.0 Å². The molecule has 1 heterocycles. The number of benzene rings is 1. The SMILES string of the molecule is CCNC(=NCc1nncn1CC)NCC(C)Sc1ccccc1.I. The highest BCUT2D eigenvalue weighted by molar-refractivity contribution is 14.0. The highest BCUT2D eigenvalue weighted by Crippen LogP contribution is 2.21. The average molecular weight is 474 g/mol. The van der Waals surface area contributed by atoms with Gasteiger partial charge in [0.05, 0.1) is 0 Å². The van der Waals surface area contributed by atoms with Crippen LogP contribution in [0.5, 0.6) is 0 Å². The van der Waals surface area contributed by atoms with Gasteiger partial charge in [0, 0.05) is 29.8 Å². The van der Waals surface area contributed by atoms with Gasteiger partial charge in [-0.25, -0.2) is 4.99 Å². The van der Waals surface area contributed by atoms with Crippen LogP contribution in [0.15, 0.2) is 46.5 Å². The lowest BCUT2D eigenvalue weighted by Crippen LogP contribution is -2.40. The molecule has 0 aliphatic carbocycles. The molecule has 0 saturated heterocycles. The van der Waals surface area contributed by atoms with Crippen LogP contribution in [0.4, 0.5) is 0 Å². The van der Waals surface area contributed by atoms with Crippen LogP contribution < -0.4 is 10.6 Å². The summed E-state index contributed by atoms with van der Waals surface area (Å²) in [6.07, 6.45) is 1.74. The number of aryl methyl sites for hydroxylation is 1. The Bertz CT molecular complexity index is 631. The lowest BCUT2D eigenvalue weighted by Gasteiger charge is -2.15. The summed E-state index contributed by atoms with van der Waals surface area (Å²) in [7, 11) is 0. The smallest absolute Gasteiger partial charge is 0.191 e. The minimum absolute atomic E-state index is 0. The number of nitrogens with one attached hydrogen (secondary N) is 2. The van der Waals surface area contributed by atoms with Crippen LogP contribution in [0.3, 0.4) is 0 Å². The molecule has 1 aromatic carbocycles. The summed E-state index contributed by atoms with van der Waals surface area (Å²) in [4.78, 5) is 5.89. The predicted molar refractivity (Wildman–Crippen MR) is 116 cm³/mol. The molecule has 25 heavy (non-hydrogen) atoms. The van der Waals surface area contributed by atoms with E-state index in [4.69, 9.17) is 0 Å². The van der Waals surface area contributed by atoms with Gasteiger partial charge in [-0.2, -0.15) is 0 Å². The van der Waals surface area contributed by atoms with Gasteiger partial charge in [0.25, 0.3) is 0 Å². The summed E-state index contributed by atoms with van der Waals surface area (Å²) in [6, 6.07) is 10.4. The van der Waals surface area contributed by atoms with Crippen LogP contribution >= 0.6 is 35.7 Å². The lowest BCUT2D eigenvalue weighted by atomic mass is 10.4. The Kier molecular flexibility index (Phi) is 10.6. The normalized spacial score (nSPS) is 12.4. The number of thioether (sulfide) groups is 1. The van der Waals surface area contributed by atoms with Crippen LogP contribution in [0.25, 0.3) is 0 Å². The fraction of sp³-hybridized carbons (Fsp3) is 0.471. The summed E-state index contributed by atoms with van der Waals surface area (Å²) in [6.45, 7) is 9.38. The number of guanidine groups is 1. The molecule has 0 aliphatic heterocycles. The Balaban J connectivity index is 0.00000312. The van der Waals surface area contributed by atoms with Gasteiger partial charge in [-0.05, 0) is 26.0 Å². The quantitative estimate of drug-likeness (QED) is 0.266. The first kappa shape index (κ1) is 21.8. The first-order valence-corrected chi connectivity index (χ1v) is 9.21. The fourth-order valence-electron chi connectivity index (χ4n) is 2.17. The molecule has 0 aliphatic rings. The van der Waals surface area contributed by atoms with E-state index in [0.717, 1.165) is 31.4 Å². The highest BCUT2D eigenvalue weighted by Gasteiger charge is 2.07. The van der Waals surface area contributed by atoms with E-state index < -0.39 is 0 Å². The second-order valence-electron chi connectivity index (χ2n) is 5.35. The third-order valence-corrected chi connectivity index (χ3v) is 4.51. The molecule has 1 unspecified atom stereocenters. The van der Waals surface area contributed by atoms with E-state index in [1.165, 1.54) is 4.90 Å². The molecule has 0 fully saturated rings. The van der Waals surface area contributed by atoms with E-state index in [9.17, 15) is 0 Å². The molecule has 0 bridgehead atoms. The molecule has 138 valence electrons. The molecule has 1 atom stereocenters. The summed E-state index contributed by atoms with van der Waals surface area (Å²) in [5.74, 6) is 1.69. The second-order valence-corrected chi connectivity index (χ2v) is 6.86. The summed E-state index contributed by atoms with van der Waals surface area (Å²) in [5, 5.41) is 15.2. The number of aliphatic imine (C=N–C) groups is 1. The van der Waals surface area contributed by atoms with Gasteiger partial charge >= 0.3 is 0 Å². The van der Waals surface area contributed by atoms with Crippen molar-refractivity contribution in [1.29, 1.82) is 0 Å². The van der Waals surface area contributed by atoms with E-state index in [2.05, 4.69) is 70.9 Å². The van der Waals surface area contributed by atoms with Crippen molar-refractivity contribution >= 4 is 41.7 Å². The predicted octanol–water partition coefficient (Wildman–Crippen LogP) is 3.15. The number of nitrogens with zero attached hydrogens (tertiary/aromatic N) is 4. The zero-order valence-electron chi connectivity index (χ0n) is 15.0. The van der Waals surface area contributed by atoms with E-state index in [0.29, 0.717) is 11.8 Å². The summed E-state index contributed by atoms with van der Waals surface area (Å²) < 4.78 is 2.00. The zero-order valence-corrected chi connectivity index (χ0v) is 18.1. The van der Waals surface area contributed by atoms with Crippen molar-refractivity contribution < 1.29 is 0 Å². The third-order valence-electron chi connectivity index (χ3n) is 3.40. The van der Waals surface area contributed by atoms with E-state index in [-0.39, 0.29) is 24.0 Å². The molecule has 2 N–H and O–H groups in total. The topological polar surface area (TPSA) is 67.1 Å². The van der Waals surface area contributed by atoms with Crippen LogP contribution in [0.1, 0.15) is 26.6 Å². The Morgan fingerprint density at radius 3 is 2.68 bits per heavy atom. The molecular weight excluding hydrogens is 447 g/mol. The van der Waals surface area contributed by atoms with Crippen LogP contribution in [0.2, 0.25) is 0 Å². The number of hydrogen-bond acceptors (Lipinski definition) is 4. The fourth-order valence-corrected chi connectivity index (χ4v) is 3.12. The van der Waals surface area contributed by atoms with Crippen molar-refractivity contribution in [3.63, 3.8) is 0 Å². The molecule has 0 spiro atoms. The number of aromatic nitrogens is 3. The highest BCUT2D eigenvalue weighted by atomic mass is 127. The maximum Gasteiger partial charge on any atom is 0.191 e. The van der Waals surface area contributed by atoms with Gasteiger partial charge in [-0.1, -0.05) is 25.1 Å². The maximum absolute atomic E-state index is 4.61.